The first-order valence-corrected chi connectivity index (χ1v) is 10.5. The summed E-state index contributed by atoms with van der Waals surface area (Å²) in [6.07, 6.45) is -30.3. The molecule has 0 aromatic carbocycles. The first-order valence-electron chi connectivity index (χ1n) is 8.95. The Hall–Kier alpha value is -1.70. The fraction of sp³-hybridized carbons (Fsp3) is 0.933. The smallest absolute Gasteiger partial charge is 0.305 e. The molecule has 20 heteroatoms. The lowest BCUT2D eigenvalue weighted by molar-refractivity contribution is -0.353. The van der Waals surface area contributed by atoms with Gasteiger partial charge in [0.25, 0.3) is 21.7 Å². The van der Waals surface area contributed by atoms with Gasteiger partial charge in [0, 0.05) is 36.9 Å². The van der Waals surface area contributed by atoms with E-state index in [1.165, 1.54) is 0 Å². The fourth-order valence-electron chi connectivity index (χ4n) is 3.08. The summed E-state index contributed by atoms with van der Waals surface area (Å²) in [5, 5.41) is -1.01. The molecule has 0 heterocycles. The Balaban J connectivity index is 6.35. The van der Waals surface area contributed by atoms with Crippen LogP contribution in [-0.4, -0.2) is 79.3 Å². The molecule has 1 amide bonds. The van der Waals surface area contributed by atoms with Gasteiger partial charge in [-0.15, -0.1) is 4.91 Å². The predicted molar refractivity (Wildman–Crippen MR) is 92.5 cm³/mol. The standard InChI is InChI=1S/C15H18F12N2O5S/c1-29(2)8(3-10(30)28-31)9(35(32,33)34)6-11(16,17)4-7(13(19,20)21)5-12(18,14(22,23)24)15(25,26)27/h7-9H,3-6H2,1-2H3,(H,32,33,34). The van der Waals surface area contributed by atoms with Crippen LogP contribution in [0.2, 0.25) is 0 Å². The van der Waals surface area contributed by atoms with Crippen LogP contribution in [0.4, 0.5) is 52.7 Å². The van der Waals surface area contributed by atoms with Crippen molar-refractivity contribution in [2.24, 2.45) is 11.1 Å². The van der Waals surface area contributed by atoms with Crippen molar-refractivity contribution in [3.63, 3.8) is 0 Å². The lowest BCUT2D eigenvalue weighted by atomic mass is 9.85. The molecule has 0 saturated heterocycles. The summed E-state index contributed by atoms with van der Waals surface area (Å²) in [6.45, 7) is 0. The van der Waals surface area contributed by atoms with Crippen molar-refractivity contribution in [3.8, 4) is 0 Å². The second-order valence-corrected chi connectivity index (χ2v) is 9.41. The Morgan fingerprint density at radius 3 is 1.57 bits per heavy atom. The van der Waals surface area contributed by atoms with Gasteiger partial charge >= 0.3 is 18.5 Å². The van der Waals surface area contributed by atoms with Crippen LogP contribution >= 0.6 is 0 Å². The fourth-order valence-corrected chi connectivity index (χ4v) is 4.27. The highest BCUT2D eigenvalue weighted by Gasteiger charge is 2.74. The van der Waals surface area contributed by atoms with E-state index in [0.29, 0.717) is 4.90 Å². The number of hydrogen-bond donors (Lipinski definition) is 1. The molecule has 7 nitrogen and oxygen atoms in total. The van der Waals surface area contributed by atoms with E-state index >= 15 is 0 Å². The van der Waals surface area contributed by atoms with Crippen LogP contribution in [0, 0.1) is 10.8 Å². The van der Waals surface area contributed by atoms with Crippen molar-refractivity contribution < 1.29 is 70.5 Å². The van der Waals surface area contributed by atoms with Gasteiger partial charge < -0.3 is 4.90 Å². The molecule has 3 unspecified atom stereocenters. The molecule has 3 atom stereocenters. The summed E-state index contributed by atoms with van der Waals surface area (Å²) in [5.41, 5.74) is -6.55. The van der Waals surface area contributed by atoms with Crippen molar-refractivity contribution in [3.05, 3.63) is 4.91 Å². The molecule has 35 heavy (non-hydrogen) atoms. The topological polar surface area (TPSA) is 104 Å². The largest absolute Gasteiger partial charge is 0.431 e. The van der Waals surface area contributed by atoms with Crippen LogP contribution in [0.25, 0.3) is 0 Å². The number of hydrogen-bond acceptors (Lipinski definition) is 5. The van der Waals surface area contributed by atoms with Gasteiger partial charge in [0.05, 0.1) is 5.92 Å². The van der Waals surface area contributed by atoms with Gasteiger partial charge in [0.1, 0.15) is 5.25 Å². The molecule has 0 aliphatic carbocycles. The van der Waals surface area contributed by atoms with Gasteiger partial charge in [0.15, 0.2) is 0 Å². The van der Waals surface area contributed by atoms with Crippen LogP contribution in [0.15, 0.2) is 5.18 Å². The number of nitrogens with zero attached hydrogens (tertiary/aromatic N) is 2. The molecule has 0 aliphatic heterocycles. The third-order valence-electron chi connectivity index (χ3n) is 4.89. The summed E-state index contributed by atoms with van der Waals surface area (Å²) in [6, 6.07) is -2.05. The summed E-state index contributed by atoms with van der Waals surface area (Å²) >= 11 is 0. The number of rotatable bonds is 11. The number of halogens is 12. The van der Waals surface area contributed by atoms with E-state index in [4.69, 9.17) is 0 Å². The monoisotopic (exact) mass is 566 g/mol. The Kier molecular flexibility index (Phi) is 10.2. The average Bonchev–Trinajstić information content (AvgIpc) is 2.59. The minimum absolute atomic E-state index is 0.665. The summed E-state index contributed by atoms with van der Waals surface area (Å²) in [5.74, 6) is -11.0. The molecule has 0 aromatic rings. The van der Waals surface area contributed by atoms with Gasteiger partial charge in [-0.1, -0.05) is 0 Å². The van der Waals surface area contributed by atoms with Crippen LogP contribution in [0.3, 0.4) is 0 Å². The van der Waals surface area contributed by atoms with Crippen molar-refractivity contribution in [1.29, 1.82) is 0 Å². The highest BCUT2D eigenvalue weighted by molar-refractivity contribution is 7.86. The average molecular weight is 566 g/mol. The van der Waals surface area contributed by atoms with E-state index in [0.717, 1.165) is 14.1 Å². The minimum atomic E-state index is -6.99. The van der Waals surface area contributed by atoms with E-state index in [1.807, 2.05) is 5.18 Å². The van der Waals surface area contributed by atoms with E-state index in [-0.39, 0.29) is 0 Å². The first kappa shape index (κ1) is 33.3. The maximum absolute atomic E-state index is 14.4. The second-order valence-electron chi connectivity index (χ2n) is 7.78. The van der Waals surface area contributed by atoms with Gasteiger partial charge in [0.2, 0.25) is 5.92 Å². The van der Waals surface area contributed by atoms with Gasteiger partial charge in [-0.3, -0.25) is 9.35 Å². The third kappa shape index (κ3) is 9.03. The summed E-state index contributed by atoms with van der Waals surface area (Å²) in [7, 11) is -3.85. The molecule has 0 spiro atoms. The zero-order chi connectivity index (χ0) is 28.4. The summed E-state index contributed by atoms with van der Waals surface area (Å²) in [4.78, 5) is 22.1. The van der Waals surface area contributed by atoms with E-state index in [9.17, 15) is 75.4 Å². The van der Waals surface area contributed by atoms with Gasteiger partial charge in [-0.05, 0) is 14.1 Å². The van der Waals surface area contributed by atoms with Gasteiger partial charge in [-0.2, -0.15) is 47.9 Å². The lowest BCUT2D eigenvalue weighted by Gasteiger charge is -2.36. The number of amides is 1. The highest BCUT2D eigenvalue weighted by atomic mass is 32.2. The van der Waals surface area contributed by atoms with E-state index in [2.05, 4.69) is 0 Å². The van der Waals surface area contributed by atoms with Crippen LogP contribution < -0.4 is 0 Å². The van der Waals surface area contributed by atoms with Crippen molar-refractivity contribution in [2.75, 3.05) is 14.1 Å². The molecule has 0 saturated carbocycles. The third-order valence-corrected chi connectivity index (χ3v) is 6.14. The van der Waals surface area contributed by atoms with Crippen molar-refractivity contribution in [1.82, 2.24) is 4.90 Å². The summed E-state index contributed by atoms with van der Waals surface area (Å²) < 4.78 is 191. The van der Waals surface area contributed by atoms with Crippen LogP contribution in [0.1, 0.15) is 25.7 Å². The Bertz CT molecular complexity index is 840. The zero-order valence-corrected chi connectivity index (χ0v) is 18.3. The van der Waals surface area contributed by atoms with Crippen molar-refractivity contribution in [2.45, 2.75) is 67.1 Å². The number of alkyl halides is 12. The SMILES string of the molecule is CN(C)C(CC(=O)N=O)C(CC(F)(F)CC(CC(F)(C(F)(F)F)C(F)(F)F)C(F)(F)F)S(=O)(=O)O. The molecule has 208 valence electrons. The van der Waals surface area contributed by atoms with Crippen LogP contribution in [0.5, 0.6) is 0 Å². The molecule has 1 N–H and O–H groups in total. The molecular weight excluding hydrogens is 548 g/mol. The number of nitroso groups, excluding NO2 is 1. The maximum Gasteiger partial charge on any atom is 0.431 e. The molecule has 0 aliphatic rings. The molecule has 0 rings (SSSR count). The minimum Gasteiger partial charge on any atom is -0.305 e. The first-order chi connectivity index (χ1) is 15.2. The second kappa shape index (κ2) is 10.7. The predicted octanol–water partition coefficient (Wildman–Crippen LogP) is 4.67. The highest BCUT2D eigenvalue weighted by Crippen LogP contribution is 2.53. The number of carbonyl (C=O) groups excluding carboxylic acids is 1. The number of carbonyl (C=O) groups is 1. The van der Waals surface area contributed by atoms with E-state index in [1.54, 1.807) is 0 Å². The molecule has 0 radical (unpaired) electrons. The molecular formula is C15H18F12N2O5S. The Morgan fingerprint density at radius 1 is 0.857 bits per heavy atom. The zero-order valence-electron chi connectivity index (χ0n) is 17.5. The van der Waals surface area contributed by atoms with Gasteiger partial charge in [-0.25, -0.2) is 13.2 Å². The Morgan fingerprint density at radius 2 is 1.29 bits per heavy atom. The van der Waals surface area contributed by atoms with Crippen LogP contribution in [-0.2, 0) is 14.9 Å². The normalized spacial score (nSPS) is 17.3. The van der Waals surface area contributed by atoms with E-state index < -0.39 is 89.0 Å². The van der Waals surface area contributed by atoms with Crippen molar-refractivity contribution >= 4 is 16.0 Å². The molecule has 0 fully saturated rings. The quantitative estimate of drug-likeness (QED) is 0.222. The molecule has 0 bridgehead atoms. The lowest BCUT2D eigenvalue weighted by Crippen LogP contribution is -2.56. The molecule has 0 aromatic heterocycles. The Labute approximate surface area is 189 Å². The maximum atomic E-state index is 14.4.